The molecule has 0 bridgehead atoms. The summed E-state index contributed by atoms with van der Waals surface area (Å²) >= 11 is 0. The highest BCUT2D eigenvalue weighted by Gasteiger charge is 2.13. The van der Waals surface area contributed by atoms with Gasteiger partial charge in [0.15, 0.2) is 11.5 Å². The van der Waals surface area contributed by atoms with E-state index in [0.717, 1.165) is 0 Å². The predicted molar refractivity (Wildman–Crippen MR) is 99.6 cm³/mol. The van der Waals surface area contributed by atoms with E-state index in [4.69, 9.17) is 19.2 Å². The van der Waals surface area contributed by atoms with Crippen LogP contribution in [-0.2, 0) is 16.1 Å². The molecule has 0 radical (unpaired) electrons. The number of carbonyl (C=O) groups excluding carboxylic acids is 2. The number of nitrogens with one attached hydrogen (secondary N) is 1. The highest BCUT2D eigenvalue weighted by atomic mass is 16.5. The fourth-order valence-electron chi connectivity index (χ4n) is 2.27. The van der Waals surface area contributed by atoms with Gasteiger partial charge >= 0.3 is 5.97 Å². The van der Waals surface area contributed by atoms with E-state index in [2.05, 4.69) is 10.1 Å². The average Bonchev–Trinajstić information content (AvgIpc) is 3.19. The molecule has 146 valence electrons. The van der Waals surface area contributed by atoms with Gasteiger partial charge in [-0.3, -0.25) is 4.79 Å². The third kappa shape index (κ3) is 5.14. The molecule has 0 saturated heterocycles. The first-order valence-electron chi connectivity index (χ1n) is 8.42. The number of methoxy groups -OCH3 is 1. The van der Waals surface area contributed by atoms with Crippen LogP contribution in [0.2, 0.25) is 0 Å². The van der Waals surface area contributed by atoms with Crippen molar-refractivity contribution in [3.63, 3.8) is 0 Å². The third-order valence-corrected chi connectivity index (χ3v) is 3.59. The van der Waals surface area contributed by atoms with E-state index in [1.165, 1.54) is 26.3 Å². The summed E-state index contributed by atoms with van der Waals surface area (Å²) in [6, 6.07) is 10.0. The van der Waals surface area contributed by atoms with Crippen molar-refractivity contribution in [3.8, 4) is 17.6 Å². The van der Waals surface area contributed by atoms with Crippen molar-refractivity contribution in [2.45, 2.75) is 13.5 Å². The minimum Gasteiger partial charge on any atom is -0.490 e. The van der Waals surface area contributed by atoms with Crippen LogP contribution in [0, 0.1) is 11.3 Å². The minimum atomic E-state index is -0.568. The molecule has 2 rings (SSSR count). The summed E-state index contributed by atoms with van der Waals surface area (Å²) in [5, 5.41) is 11.5. The van der Waals surface area contributed by atoms with Crippen LogP contribution in [0.25, 0.3) is 6.08 Å². The van der Waals surface area contributed by atoms with Crippen LogP contribution in [0.3, 0.4) is 0 Å². The number of carbonyl (C=O) groups is 2. The van der Waals surface area contributed by atoms with E-state index >= 15 is 0 Å². The van der Waals surface area contributed by atoms with E-state index in [1.807, 2.05) is 13.0 Å². The molecule has 0 aliphatic carbocycles. The second-order valence-corrected chi connectivity index (χ2v) is 5.43. The van der Waals surface area contributed by atoms with Crippen LogP contribution < -0.4 is 14.8 Å². The lowest BCUT2D eigenvalue weighted by atomic mass is 10.1. The number of rotatable bonds is 8. The predicted octanol–water partition coefficient (Wildman–Crippen LogP) is 2.70. The van der Waals surface area contributed by atoms with Gasteiger partial charge in [0.25, 0.3) is 5.91 Å². The molecule has 0 aliphatic rings. The van der Waals surface area contributed by atoms with E-state index < -0.39 is 11.9 Å². The van der Waals surface area contributed by atoms with Gasteiger partial charge in [-0.15, -0.1) is 0 Å². The summed E-state index contributed by atoms with van der Waals surface area (Å²) in [6.45, 7) is 2.30. The van der Waals surface area contributed by atoms with Crippen LogP contribution in [0.5, 0.6) is 11.5 Å². The number of amides is 1. The Labute approximate surface area is 162 Å². The lowest BCUT2D eigenvalue weighted by Crippen LogP contribution is -2.19. The smallest absolute Gasteiger partial charge is 0.373 e. The molecule has 28 heavy (non-hydrogen) atoms. The van der Waals surface area contributed by atoms with Crippen molar-refractivity contribution in [1.82, 2.24) is 5.32 Å². The quantitative estimate of drug-likeness (QED) is 0.423. The lowest BCUT2D eigenvalue weighted by molar-refractivity contribution is -0.116. The molecule has 0 aliphatic heterocycles. The number of esters is 1. The number of likely N-dealkylation sites (N-methyl/N-ethyl adjacent to an activating group) is 1. The molecular weight excluding hydrogens is 364 g/mol. The van der Waals surface area contributed by atoms with E-state index in [9.17, 15) is 9.59 Å². The summed E-state index contributed by atoms with van der Waals surface area (Å²) in [4.78, 5) is 23.1. The monoisotopic (exact) mass is 384 g/mol. The second-order valence-electron chi connectivity index (χ2n) is 5.43. The van der Waals surface area contributed by atoms with Crippen molar-refractivity contribution < 1.29 is 28.2 Å². The Morgan fingerprint density at radius 2 is 2.00 bits per heavy atom. The van der Waals surface area contributed by atoms with Crippen LogP contribution >= 0.6 is 0 Å². The molecule has 1 heterocycles. The highest BCUT2D eigenvalue weighted by Crippen LogP contribution is 2.30. The van der Waals surface area contributed by atoms with Gasteiger partial charge in [-0.1, -0.05) is 6.07 Å². The van der Waals surface area contributed by atoms with Gasteiger partial charge in [-0.2, -0.15) is 5.26 Å². The molecule has 1 aromatic heterocycles. The maximum atomic E-state index is 11.7. The summed E-state index contributed by atoms with van der Waals surface area (Å²) in [7, 11) is 2.73. The average molecular weight is 384 g/mol. The summed E-state index contributed by atoms with van der Waals surface area (Å²) in [5.74, 6) is 0.392. The molecule has 1 N–H and O–H groups in total. The fraction of sp³-hybridized carbons (Fsp3) is 0.250. The maximum Gasteiger partial charge on any atom is 0.373 e. The van der Waals surface area contributed by atoms with Crippen LogP contribution in [0.1, 0.15) is 28.8 Å². The molecule has 8 heteroatoms. The highest BCUT2D eigenvalue weighted by molar-refractivity contribution is 6.01. The molecule has 0 unspecified atom stereocenters. The molecule has 8 nitrogen and oxygen atoms in total. The van der Waals surface area contributed by atoms with Crippen LogP contribution in [0.15, 0.2) is 40.3 Å². The third-order valence-electron chi connectivity index (χ3n) is 3.59. The topological polar surface area (TPSA) is 111 Å². The normalized spacial score (nSPS) is 10.7. The molecule has 1 amide bonds. The largest absolute Gasteiger partial charge is 0.490 e. The van der Waals surface area contributed by atoms with E-state index in [-0.39, 0.29) is 17.9 Å². The molecular formula is C20H20N2O6. The number of benzene rings is 1. The maximum absolute atomic E-state index is 11.7. The van der Waals surface area contributed by atoms with Gasteiger partial charge in [0.05, 0.1) is 13.7 Å². The Morgan fingerprint density at radius 3 is 2.64 bits per heavy atom. The van der Waals surface area contributed by atoms with Gasteiger partial charge in [0.2, 0.25) is 5.76 Å². The summed E-state index contributed by atoms with van der Waals surface area (Å²) in [6.07, 6.45) is 1.46. The zero-order valence-corrected chi connectivity index (χ0v) is 15.8. The Balaban J connectivity index is 2.19. The van der Waals surface area contributed by atoms with Crippen molar-refractivity contribution in [1.29, 1.82) is 5.26 Å². The molecule has 0 spiro atoms. The molecule has 0 fully saturated rings. The SMILES string of the molecule is CCOc1cc(/C=C(\C#N)C(=O)NC)ccc1OCc1ccc(C(=O)OC)o1. The number of hydrogen-bond donors (Lipinski definition) is 1. The number of ether oxygens (including phenoxy) is 3. The molecule has 1 aromatic carbocycles. The number of furan rings is 1. The van der Waals surface area contributed by atoms with E-state index in [0.29, 0.717) is 29.4 Å². The first-order valence-corrected chi connectivity index (χ1v) is 8.42. The van der Waals surface area contributed by atoms with E-state index in [1.54, 1.807) is 24.3 Å². The standard InChI is InChI=1S/C20H20N2O6/c1-4-26-18-10-13(9-14(11-21)19(23)22-2)5-7-16(18)27-12-15-6-8-17(28-15)20(24)25-3/h5-10H,4,12H2,1-3H3,(H,22,23)/b14-9+. The Hall–Kier alpha value is -3.73. The molecule has 2 aromatic rings. The first-order chi connectivity index (χ1) is 13.5. The Kier molecular flexibility index (Phi) is 7.22. The van der Waals surface area contributed by atoms with Gasteiger partial charge in [-0.25, -0.2) is 4.79 Å². The van der Waals surface area contributed by atoms with Gasteiger partial charge in [-0.05, 0) is 42.8 Å². The number of nitrogens with zero attached hydrogens (tertiary/aromatic N) is 1. The fourth-order valence-corrected chi connectivity index (χ4v) is 2.27. The van der Waals surface area contributed by atoms with Crippen molar-refractivity contribution in [3.05, 3.63) is 53.0 Å². The summed E-state index contributed by atoms with van der Waals surface area (Å²) in [5.41, 5.74) is 0.589. The van der Waals surface area contributed by atoms with Crippen molar-refractivity contribution in [2.24, 2.45) is 0 Å². The van der Waals surface area contributed by atoms with Gasteiger partial charge < -0.3 is 23.9 Å². The first kappa shape index (κ1) is 20.6. The van der Waals surface area contributed by atoms with Crippen LogP contribution in [0.4, 0.5) is 0 Å². The Bertz CT molecular complexity index is 923. The number of hydrogen-bond acceptors (Lipinski definition) is 7. The minimum absolute atomic E-state index is 0.0236. The lowest BCUT2D eigenvalue weighted by Gasteiger charge is -2.12. The van der Waals surface area contributed by atoms with Crippen LogP contribution in [-0.4, -0.2) is 32.6 Å². The molecule has 0 atom stereocenters. The number of nitriles is 1. The zero-order chi connectivity index (χ0) is 20.5. The summed E-state index contributed by atoms with van der Waals surface area (Å²) < 4.78 is 21.3. The van der Waals surface area contributed by atoms with Gasteiger partial charge in [0, 0.05) is 7.05 Å². The zero-order valence-electron chi connectivity index (χ0n) is 15.8. The second kappa shape index (κ2) is 9.83. The van der Waals surface area contributed by atoms with Crippen molar-refractivity contribution in [2.75, 3.05) is 20.8 Å². The van der Waals surface area contributed by atoms with Crippen molar-refractivity contribution >= 4 is 18.0 Å². The molecule has 0 saturated carbocycles. The Morgan fingerprint density at radius 1 is 1.21 bits per heavy atom. The van der Waals surface area contributed by atoms with Gasteiger partial charge in [0.1, 0.15) is 24.0 Å².